The van der Waals surface area contributed by atoms with Gasteiger partial charge in [0.2, 0.25) is 0 Å². The average molecular weight is 261 g/mol. The molecule has 2 aliphatic carbocycles. The number of rotatable bonds is 3. The molecule has 1 aromatic rings. The molecule has 4 unspecified atom stereocenters. The number of aryl methyl sites for hydroxylation is 1. The molecule has 2 aliphatic rings. The van der Waals surface area contributed by atoms with E-state index in [1.165, 1.54) is 44.9 Å². The summed E-state index contributed by atoms with van der Waals surface area (Å²) < 4.78 is 2.21. The lowest BCUT2D eigenvalue weighted by Gasteiger charge is -2.41. The predicted octanol–water partition coefficient (Wildman–Crippen LogP) is 3.51. The Labute approximate surface area is 116 Å². The first-order valence-corrected chi connectivity index (χ1v) is 8.06. The van der Waals surface area contributed by atoms with Gasteiger partial charge >= 0.3 is 0 Å². The Morgan fingerprint density at radius 2 is 2.05 bits per heavy atom. The molecule has 19 heavy (non-hydrogen) atoms. The van der Waals surface area contributed by atoms with Gasteiger partial charge in [0.25, 0.3) is 0 Å². The molecule has 0 radical (unpaired) electrons. The molecule has 0 amide bonds. The summed E-state index contributed by atoms with van der Waals surface area (Å²) in [7, 11) is 0. The third kappa shape index (κ3) is 2.58. The summed E-state index contributed by atoms with van der Waals surface area (Å²) in [5.74, 6) is 3.69. The fourth-order valence-corrected chi connectivity index (χ4v) is 4.33. The van der Waals surface area contributed by atoms with E-state index in [0.717, 1.165) is 24.2 Å². The molecule has 2 N–H and O–H groups in total. The molecule has 0 spiro atoms. The quantitative estimate of drug-likeness (QED) is 0.905. The highest BCUT2D eigenvalue weighted by molar-refractivity contribution is 5.02. The summed E-state index contributed by atoms with van der Waals surface area (Å²) in [6.07, 6.45) is 13.8. The van der Waals surface area contributed by atoms with Crippen molar-refractivity contribution >= 4 is 0 Å². The first-order chi connectivity index (χ1) is 9.29. The molecular weight excluding hydrogens is 234 g/mol. The van der Waals surface area contributed by atoms with Gasteiger partial charge < -0.3 is 10.3 Å². The van der Waals surface area contributed by atoms with Crippen molar-refractivity contribution in [2.75, 3.05) is 0 Å². The maximum absolute atomic E-state index is 6.53. The van der Waals surface area contributed by atoms with Gasteiger partial charge in [-0.3, -0.25) is 0 Å². The van der Waals surface area contributed by atoms with Crippen LogP contribution in [-0.2, 0) is 6.54 Å². The van der Waals surface area contributed by atoms with Crippen molar-refractivity contribution < 1.29 is 0 Å². The Hall–Kier alpha value is -0.830. The van der Waals surface area contributed by atoms with Gasteiger partial charge in [-0.1, -0.05) is 25.7 Å². The van der Waals surface area contributed by atoms with Crippen molar-refractivity contribution in [2.45, 2.75) is 64.5 Å². The number of aromatic nitrogens is 2. The Morgan fingerprint density at radius 1 is 1.26 bits per heavy atom. The molecule has 2 saturated carbocycles. The summed E-state index contributed by atoms with van der Waals surface area (Å²) in [5, 5.41) is 0. The average Bonchev–Trinajstić information content (AvgIpc) is 2.94. The van der Waals surface area contributed by atoms with Crippen LogP contribution in [0.25, 0.3) is 0 Å². The van der Waals surface area contributed by atoms with Crippen LogP contribution in [-0.4, -0.2) is 9.55 Å². The number of hydrogen-bond donors (Lipinski definition) is 1. The van der Waals surface area contributed by atoms with Crippen molar-refractivity contribution in [1.29, 1.82) is 0 Å². The molecule has 106 valence electrons. The molecule has 0 aromatic carbocycles. The van der Waals surface area contributed by atoms with Crippen LogP contribution in [0, 0.1) is 17.8 Å². The van der Waals surface area contributed by atoms with Gasteiger partial charge in [0, 0.05) is 18.9 Å². The lowest BCUT2D eigenvalue weighted by molar-refractivity contribution is 0.115. The first kappa shape index (κ1) is 13.2. The zero-order valence-corrected chi connectivity index (χ0v) is 12.1. The van der Waals surface area contributed by atoms with Gasteiger partial charge in [0.15, 0.2) is 0 Å². The van der Waals surface area contributed by atoms with Gasteiger partial charge in [-0.25, -0.2) is 4.98 Å². The van der Waals surface area contributed by atoms with E-state index in [9.17, 15) is 0 Å². The second kappa shape index (κ2) is 5.66. The monoisotopic (exact) mass is 261 g/mol. The van der Waals surface area contributed by atoms with E-state index in [4.69, 9.17) is 5.73 Å². The lowest BCUT2D eigenvalue weighted by atomic mass is 9.66. The third-order valence-corrected chi connectivity index (χ3v) is 5.47. The zero-order chi connectivity index (χ0) is 13.2. The Balaban J connectivity index is 1.69. The van der Waals surface area contributed by atoms with Gasteiger partial charge in [-0.15, -0.1) is 0 Å². The van der Waals surface area contributed by atoms with E-state index in [1.807, 2.05) is 6.20 Å². The van der Waals surface area contributed by atoms with Crippen LogP contribution in [0.3, 0.4) is 0 Å². The third-order valence-electron chi connectivity index (χ3n) is 5.47. The largest absolute Gasteiger partial charge is 0.334 e. The van der Waals surface area contributed by atoms with Gasteiger partial charge in [0.05, 0.1) is 6.04 Å². The SMILES string of the molecule is CCn1ccnc1C(N)C1CCC2CCCCC2C1. The lowest BCUT2D eigenvalue weighted by Crippen LogP contribution is -2.34. The van der Waals surface area contributed by atoms with Crippen molar-refractivity contribution in [3.8, 4) is 0 Å². The fourth-order valence-electron chi connectivity index (χ4n) is 4.33. The van der Waals surface area contributed by atoms with Crippen LogP contribution in [0.5, 0.6) is 0 Å². The number of nitrogens with zero attached hydrogens (tertiary/aromatic N) is 2. The fraction of sp³-hybridized carbons (Fsp3) is 0.812. The smallest absolute Gasteiger partial charge is 0.125 e. The summed E-state index contributed by atoms with van der Waals surface area (Å²) >= 11 is 0. The topological polar surface area (TPSA) is 43.8 Å². The van der Waals surface area contributed by atoms with Crippen LogP contribution in [0.2, 0.25) is 0 Å². The second-order valence-corrected chi connectivity index (χ2v) is 6.47. The molecule has 2 fully saturated rings. The normalized spacial score (nSPS) is 32.8. The summed E-state index contributed by atoms with van der Waals surface area (Å²) in [6.45, 7) is 3.14. The number of hydrogen-bond acceptors (Lipinski definition) is 2. The van der Waals surface area contributed by atoms with Gasteiger partial charge in [-0.2, -0.15) is 0 Å². The van der Waals surface area contributed by atoms with Crippen LogP contribution in [0.1, 0.15) is 63.7 Å². The highest BCUT2D eigenvalue weighted by atomic mass is 15.1. The second-order valence-electron chi connectivity index (χ2n) is 6.47. The van der Waals surface area contributed by atoms with Crippen LogP contribution >= 0.6 is 0 Å². The molecule has 3 heteroatoms. The molecule has 0 aliphatic heterocycles. The number of imidazole rings is 1. The molecule has 3 nitrogen and oxygen atoms in total. The first-order valence-electron chi connectivity index (χ1n) is 8.06. The minimum atomic E-state index is 0.137. The molecule has 3 rings (SSSR count). The minimum absolute atomic E-state index is 0.137. The van der Waals surface area contributed by atoms with Crippen LogP contribution < -0.4 is 5.73 Å². The molecule has 0 saturated heterocycles. The van der Waals surface area contributed by atoms with E-state index in [2.05, 4.69) is 22.7 Å². The predicted molar refractivity (Wildman–Crippen MR) is 77.6 cm³/mol. The van der Waals surface area contributed by atoms with Gasteiger partial charge in [-0.05, 0) is 43.9 Å². The van der Waals surface area contributed by atoms with E-state index < -0.39 is 0 Å². The van der Waals surface area contributed by atoms with E-state index >= 15 is 0 Å². The molecule has 0 bridgehead atoms. The van der Waals surface area contributed by atoms with Crippen LogP contribution in [0.4, 0.5) is 0 Å². The molecule has 1 heterocycles. The Morgan fingerprint density at radius 3 is 2.84 bits per heavy atom. The summed E-state index contributed by atoms with van der Waals surface area (Å²) in [5.41, 5.74) is 6.53. The maximum atomic E-state index is 6.53. The molecule has 4 atom stereocenters. The van der Waals surface area contributed by atoms with Crippen molar-refractivity contribution in [2.24, 2.45) is 23.5 Å². The van der Waals surface area contributed by atoms with Crippen LogP contribution in [0.15, 0.2) is 12.4 Å². The Bertz CT molecular complexity index is 412. The van der Waals surface area contributed by atoms with E-state index in [-0.39, 0.29) is 6.04 Å². The summed E-state index contributed by atoms with van der Waals surface area (Å²) in [4.78, 5) is 4.50. The maximum Gasteiger partial charge on any atom is 0.125 e. The van der Waals surface area contributed by atoms with E-state index in [0.29, 0.717) is 5.92 Å². The van der Waals surface area contributed by atoms with Gasteiger partial charge in [0.1, 0.15) is 5.82 Å². The van der Waals surface area contributed by atoms with Crippen molar-refractivity contribution in [3.63, 3.8) is 0 Å². The Kier molecular flexibility index (Phi) is 3.92. The van der Waals surface area contributed by atoms with Crippen molar-refractivity contribution in [1.82, 2.24) is 9.55 Å². The molecule has 1 aromatic heterocycles. The van der Waals surface area contributed by atoms with Crippen molar-refractivity contribution in [3.05, 3.63) is 18.2 Å². The number of fused-ring (bicyclic) bond motifs is 1. The minimum Gasteiger partial charge on any atom is -0.334 e. The van der Waals surface area contributed by atoms with E-state index in [1.54, 1.807) is 0 Å². The highest BCUT2D eigenvalue weighted by Crippen LogP contribution is 2.45. The number of nitrogens with two attached hydrogens (primary N) is 1. The summed E-state index contributed by atoms with van der Waals surface area (Å²) in [6, 6.07) is 0.137. The highest BCUT2D eigenvalue weighted by Gasteiger charge is 2.35. The zero-order valence-electron chi connectivity index (χ0n) is 12.1. The molecular formula is C16H27N3. The standard InChI is InChI=1S/C16H27N3/c1-2-19-10-9-18-16(19)15(17)14-8-7-12-5-3-4-6-13(12)11-14/h9-10,12-15H,2-8,11,17H2,1H3.